The molecule has 0 fully saturated rings. The SMILES string of the molecule is CC(C)N(C(=O)[C@@H](C)Oc1ccc2ccc(=O)oc2c1)C(C)C. The first-order valence-corrected chi connectivity index (χ1v) is 7.82. The van der Waals surface area contributed by atoms with Crippen LogP contribution in [0.25, 0.3) is 11.0 Å². The van der Waals surface area contributed by atoms with Gasteiger partial charge in [-0.25, -0.2) is 4.79 Å². The van der Waals surface area contributed by atoms with Crippen LogP contribution in [-0.2, 0) is 4.79 Å². The lowest BCUT2D eigenvalue weighted by Crippen LogP contribution is -2.47. The van der Waals surface area contributed by atoms with Crippen LogP contribution < -0.4 is 10.4 Å². The van der Waals surface area contributed by atoms with Crippen molar-refractivity contribution in [3.05, 3.63) is 40.8 Å². The Hall–Kier alpha value is -2.30. The number of rotatable bonds is 5. The van der Waals surface area contributed by atoms with Crippen LogP contribution in [-0.4, -0.2) is 29.0 Å². The number of ether oxygens (including phenoxy) is 1. The van der Waals surface area contributed by atoms with E-state index >= 15 is 0 Å². The second-order valence-corrected chi connectivity index (χ2v) is 6.15. The van der Waals surface area contributed by atoms with Gasteiger partial charge in [-0.3, -0.25) is 4.79 Å². The summed E-state index contributed by atoms with van der Waals surface area (Å²) in [6.07, 6.45) is -0.618. The molecule has 1 aromatic carbocycles. The van der Waals surface area contributed by atoms with Gasteiger partial charge in [0.25, 0.3) is 5.91 Å². The van der Waals surface area contributed by atoms with Crippen molar-refractivity contribution in [3.63, 3.8) is 0 Å². The van der Waals surface area contributed by atoms with Crippen LogP contribution in [0.5, 0.6) is 5.75 Å². The van der Waals surface area contributed by atoms with Crippen molar-refractivity contribution in [2.45, 2.75) is 52.8 Å². The van der Waals surface area contributed by atoms with E-state index in [1.807, 2.05) is 27.7 Å². The van der Waals surface area contributed by atoms with Gasteiger partial charge in [0.15, 0.2) is 6.10 Å². The lowest BCUT2D eigenvalue weighted by molar-refractivity contribution is -0.141. The molecule has 124 valence electrons. The Morgan fingerprint density at radius 1 is 1.04 bits per heavy atom. The van der Waals surface area contributed by atoms with Crippen molar-refractivity contribution in [1.82, 2.24) is 4.90 Å². The number of carbonyl (C=O) groups is 1. The second kappa shape index (κ2) is 6.86. The highest BCUT2D eigenvalue weighted by Crippen LogP contribution is 2.21. The Bertz CT molecular complexity index is 740. The molecule has 2 aromatic rings. The van der Waals surface area contributed by atoms with E-state index in [2.05, 4.69) is 0 Å². The zero-order valence-electron chi connectivity index (χ0n) is 14.2. The van der Waals surface area contributed by atoms with Gasteiger partial charge in [0.2, 0.25) is 0 Å². The average molecular weight is 317 g/mol. The molecule has 1 heterocycles. The molecule has 0 saturated heterocycles. The fourth-order valence-electron chi connectivity index (χ4n) is 2.68. The average Bonchev–Trinajstić information content (AvgIpc) is 2.45. The number of benzene rings is 1. The van der Waals surface area contributed by atoms with Gasteiger partial charge in [0.1, 0.15) is 11.3 Å². The summed E-state index contributed by atoms with van der Waals surface area (Å²) < 4.78 is 10.9. The number of hydrogen-bond donors (Lipinski definition) is 0. The predicted octanol–water partition coefficient (Wildman–Crippen LogP) is 3.21. The van der Waals surface area contributed by atoms with Crippen molar-refractivity contribution in [1.29, 1.82) is 0 Å². The summed E-state index contributed by atoms with van der Waals surface area (Å²) in [6, 6.07) is 8.47. The summed E-state index contributed by atoms with van der Waals surface area (Å²) in [4.78, 5) is 25.7. The minimum atomic E-state index is -0.618. The molecule has 0 N–H and O–H groups in total. The van der Waals surface area contributed by atoms with Crippen LogP contribution in [0.1, 0.15) is 34.6 Å². The Labute approximate surface area is 135 Å². The van der Waals surface area contributed by atoms with Crippen LogP contribution in [0.3, 0.4) is 0 Å². The second-order valence-electron chi connectivity index (χ2n) is 6.15. The maximum Gasteiger partial charge on any atom is 0.336 e. The minimum absolute atomic E-state index is 0.0652. The number of hydrogen-bond acceptors (Lipinski definition) is 4. The maximum absolute atomic E-state index is 12.6. The molecule has 1 atom stereocenters. The molecule has 0 aliphatic carbocycles. The minimum Gasteiger partial charge on any atom is -0.481 e. The van der Waals surface area contributed by atoms with Crippen molar-refractivity contribution < 1.29 is 13.9 Å². The molecule has 0 aliphatic rings. The number of amides is 1. The third-order valence-corrected chi connectivity index (χ3v) is 3.62. The van der Waals surface area contributed by atoms with Crippen LogP contribution >= 0.6 is 0 Å². The van der Waals surface area contributed by atoms with E-state index in [4.69, 9.17) is 9.15 Å². The van der Waals surface area contributed by atoms with Gasteiger partial charge in [0.05, 0.1) is 0 Å². The van der Waals surface area contributed by atoms with Crippen LogP contribution in [0.15, 0.2) is 39.5 Å². The highest BCUT2D eigenvalue weighted by Gasteiger charge is 2.26. The summed E-state index contributed by atoms with van der Waals surface area (Å²) in [7, 11) is 0. The molecule has 0 bridgehead atoms. The monoisotopic (exact) mass is 317 g/mol. The summed E-state index contributed by atoms with van der Waals surface area (Å²) in [5, 5.41) is 0.807. The first-order chi connectivity index (χ1) is 10.8. The predicted molar refractivity (Wildman–Crippen MR) is 89.7 cm³/mol. The molecule has 5 nitrogen and oxygen atoms in total. The third-order valence-electron chi connectivity index (χ3n) is 3.62. The fraction of sp³-hybridized carbons (Fsp3) is 0.444. The van der Waals surface area contributed by atoms with Crippen LogP contribution in [0, 0.1) is 0 Å². The number of fused-ring (bicyclic) bond motifs is 1. The van der Waals surface area contributed by atoms with E-state index in [9.17, 15) is 9.59 Å². The summed E-state index contributed by atoms with van der Waals surface area (Å²) in [5.74, 6) is 0.435. The summed E-state index contributed by atoms with van der Waals surface area (Å²) >= 11 is 0. The van der Waals surface area contributed by atoms with E-state index in [1.54, 1.807) is 36.1 Å². The number of carbonyl (C=O) groups excluding carboxylic acids is 1. The molecule has 2 rings (SSSR count). The highest BCUT2D eigenvalue weighted by atomic mass is 16.5. The number of nitrogens with zero attached hydrogens (tertiary/aromatic N) is 1. The molecule has 0 aliphatic heterocycles. The van der Waals surface area contributed by atoms with Gasteiger partial charge < -0.3 is 14.1 Å². The van der Waals surface area contributed by atoms with E-state index < -0.39 is 11.7 Å². The Morgan fingerprint density at radius 2 is 1.65 bits per heavy atom. The standard InChI is InChI=1S/C18H23NO4/c1-11(2)19(12(3)4)18(21)13(5)22-15-8-6-14-7-9-17(20)23-16(14)10-15/h6-13H,1-5H3/t13-/m1/s1. The van der Waals surface area contributed by atoms with Crippen molar-refractivity contribution in [2.24, 2.45) is 0 Å². The molecular formula is C18H23NO4. The lowest BCUT2D eigenvalue weighted by Gasteiger charge is -2.33. The first kappa shape index (κ1) is 17.1. The normalized spacial score (nSPS) is 12.7. The van der Waals surface area contributed by atoms with Crippen molar-refractivity contribution >= 4 is 16.9 Å². The van der Waals surface area contributed by atoms with Crippen LogP contribution in [0.4, 0.5) is 0 Å². The van der Waals surface area contributed by atoms with Gasteiger partial charge >= 0.3 is 5.63 Å². The topological polar surface area (TPSA) is 59.8 Å². The quantitative estimate of drug-likeness (QED) is 0.795. The largest absolute Gasteiger partial charge is 0.481 e. The van der Waals surface area contributed by atoms with Gasteiger partial charge in [-0.05, 0) is 52.8 Å². The van der Waals surface area contributed by atoms with Gasteiger partial charge in [-0.1, -0.05) is 0 Å². The van der Waals surface area contributed by atoms with Gasteiger partial charge in [-0.15, -0.1) is 0 Å². The van der Waals surface area contributed by atoms with Crippen LogP contribution in [0.2, 0.25) is 0 Å². The summed E-state index contributed by atoms with van der Waals surface area (Å²) in [5.41, 5.74) is 0.0313. The van der Waals surface area contributed by atoms with E-state index in [-0.39, 0.29) is 18.0 Å². The molecule has 23 heavy (non-hydrogen) atoms. The van der Waals surface area contributed by atoms with Crippen molar-refractivity contribution in [3.8, 4) is 5.75 Å². The molecule has 0 radical (unpaired) electrons. The highest BCUT2D eigenvalue weighted by molar-refractivity contribution is 5.82. The van der Waals surface area contributed by atoms with E-state index in [1.165, 1.54) is 6.07 Å². The molecule has 0 spiro atoms. The third kappa shape index (κ3) is 3.92. The molecule has 5 heteroatoms. The molecule has 0 unspecified atom stereocenters. The lowest BCUT2D eigenvalue weighted by atomic mass is 10.2. The Morgan fingerprint density at radius 3 is 2.26 bits per heavy atom. The molecule has 1 amide bonds. The fourth-order valence-corrected chi connectivity index (χ4v) is 2.68. The van der Waals surface area contributed by atoms with E-state index in [0.29, 0.717) is 11.3 Å². The van der Waals surface area contributed by atoms with E-state index in [0.717, 1.165) is 5.39 Å². The Balaban J connectivity index is 2.20. The molecule has 1 aromatic heterocycles. The Kier molecular flexibility index (Phi) is 5.08. The van der Waals surface area contributed by atoms with Crippen molar-refractivity contribution in [2.75, 3.05) is 0 Å². The molecule has 0 saturated carbocycles. The zero-order chi connectivity index (χ0) is 17.1. The van der Waals surface area contributed by atoms with Gasteiger partial charge in [-0.2, -0.15) is 0 Å². The first-order valence-electron chi connectivity index (χ1n) is 7.82. The zero-order valence-corrected chi connectivity index (χ0v) is 14.2. The molecular weight excluding hydrogens is 294 g/mol. The summed E-state index contributed by atoms with van der Waals surface area (Å²) in [6.45, 7) is 9.65. The maximum atomic E-state index is 12.6. The van der Waals surface area contributed by atoms with Gasteiger partial charge in [0, 0.05) is 29.6 Å². The smallest absolute Gasteiger partial charge is 0.336 e.